The van der Waals surface area contributed by atoms with Crippen molar-refractivity contribution in [2.75, 3.05) is 0 Å². The van der Waals surface area contributed by atoms with E-state index in [4.69, 9.17) is 14.9 Å². The van der Waals surface area contributed by atoms with Gasteiger partial charge in [-0.15, -0.1) is 0 Å². The lowest BCUT2D eigenvalue weighted by Crippen LogP contribution is -2.01. The van der Waals surface area contributed by atoms with Crippen LogP contribution in [0.25, 0.3) is 11.0 Å². The van der Waals surface area contributed by atoms with Crippen LogP contribution < -0.4 is 5.73 Å². The molecule has 0 spiro atoms. The van der Waals surface area contributed by atoms with E-state index in [-0.39, 0.29) is 19.0 Å². The molecule has 1 aromatic heterocycles. The Labute approximate surface area is 122 Å². The SMILES string of the molecule is NCc1c(COCc2ccccc2F)oc2ccccc12. The van der Waals surface area contributed by atoms with E-state index in [1.165, 1.54) is 6.07 Å². The van der Waals surface area contributed by atoms with Gasteiger partial charge < -0.3 is 14.9 Å². The molecule has 0 fully saturated rings. The van der Waals surface area contributed by atoms with E-state index >= 15 is 0 Å². The van der Waals surface area contributed by atoms with Gasteiger partial charge in [-0.2, -0.15) is 0 Å². The number of halogens is 1. The molecule has 21 heavy (non-hydrogen) atoms. The molecule has 0 saturated carbocycles. The molecule has 0 unspecified atom stereocenters. The summed E-state index contributed by atoms with van der Waals surface area (Å²) in [4.78, 5) is 0. The van der Waals surface area contributed by atoms with Gasteiger partial charge in [0, 0.05) is 23.1 Å². The summed E-state index contributed by atoms with van der Waals surface area (Å²) in [5.41, 5.74) is 8.06. The van der Waals surface area contributed by atoms with Crippen LogP contribution in [-0.2, 0) is 24.5 Å². The average molecular weight is 285 g/mol. The van der Waals surface area contributed by atoms with Crippen molar-refractivity contribution >= 4 is 11.0 Å². The van der Waals surface area contributed by atoms with Crippen molar-refractivity contribution in [2.24, 2.45) is 5.73 Å². The van der Waals surface area contributed by atoms with Gasteiger partial charge in [0.15, 0.2) is 0 Å². The molecule has 0 radical (unpaired) electrons. The molecular weight excluding hydrogens is 269 g/mol. The highest BCUT2D eigenvalue weighted by molar-refractivity contribution is 5.82. The van der Waals surface area contributed by atoms with Crippen LogP contribution in [0.3, 0.4) is 0 Å². The third-order valence-corrected chi connectivity index (χ3v) is 3.43. The molecule has 2 aromatic carbocycles. The molecule has 0 atom stereocenters. The van der Waals surface area contributed by atoms with Gasteiger partial charge in [-0.1, -0.05) is 36.4 Å². The molecule has 0 saturated heterocycles. The van der Waals surface area contributed by atoms with Crippen LogP contribution in [0.5, 0.6) is 0 Å². The smallest absolute Gasteiger partial charge is 0.135 e. The van der Waals surface area contributed by atoms with Crippen LogP contribution in [0.15, 0.2) is 52.9 Å². The maximum Gasteiger partial charge on any atom is 0.135 e. The van der Waals surface area contributed by atoms with Crippen molar-refractivity contribution in [2.45, 2.75) is 19.8 Å². The third kappa shape index (κ3) is 2.82. The molecule has 0 aliphatic carbocycles. The van der Waals surface area contributed by atoms with Crippen molar-refractivity contribution in [3.05, 3.63) is 71.2 Å². The van der Waals surface area contributed by atoms with Crippen molar-refractivity contribution in [1.82, 2.24) is 0 Å². The van der Waals surface area contributed by atoms with E-state index in [1.54, 1.807) is 18.2 Å². The number of nitrogens with two attached hydrogens (primary N) is 1. The fourth-order valence-corrected chi connectivity index (χ4v) is 2.36. The average Bonchev–Trinajstić information content (AvgIpc) is 2.86. The number of para-hydroxylation sites is 1. The zero-order chi connectivity index (χ0) is 14.7. The van der Waals surface area contributed by atoms with Crippen LogP contribution in [0.1, 0.15) is 16.9 Å². The first-order chi connectivity index (χ1) is 10.3. The zero-order valence-corrected chi connectivity index (χ0v) is 11.5. The van der Waals surface area contributed by atoms with Gasteiger partial charge in [-0.25, -0.2) is 4.39 Å². The van der Waals surface area contributed by atoms with Gasteiger partial charge in [-0.3, -0.25) is 0 Å². The van der Waals surface area contributed by atoms with Gasteiger partial charge in [-0.05, 0) is 12.1 Å². The molecule has 0 bridgehead atoms. The van der Waals surface area contributed by atoms with Crippen LogP contribution in [-0.4, -0.2) is 0 Å². The first-order valence-electron chi connectivity index (χ1n) is 6.80. The third-order valence-electron chi connectivity index (χ3n) is 3.43. The van der Waals surface area contributed by atoms with Crippen molar-refractivity contribution in [3.63, 3.8) is 0 Å². The van der Waals surface area contributed by atoms with Crippen LogP contribution in [0, 0.1) is 5.82 Å². The van der Waals surface area contributed by atoms with Gasteiger partial charge in [0.25, 0.3) is 0 Å². The maximum absolute atomic E-state index is 13.5. The Bertz CT molecular complexity index is 751. The van der Waals surface area contributed by atoms with Crippen LogP contribution in [0.4, 0.5) is 4.39 Å². The first-order valence-corrected chi connectivity index (χ1v) is 6.80. The quantitative estimate of drug-likeness (QED) is 0.776. The lowest BCUT2D eigenvalue weighted by Gasteiger charge is -2.05. The molecule has 1 heterocycles. The fraction of sp³-hybridized carbons (Fsp3) is 0.176. The summed E-state index contributed by atoms with van der Waals surface area (Å²) in [6.45, 7) is 0.860. The van der Waals surface area contributed by atoms with E-state index in [1.807, 2.05) is 24.3 Å². The Morgan fingerprint density at radius 1 is 1.00 bits per heavy atom. The second kappa shape index (κ2) is 6.08. The fourth-order valence-electron chi connectivity index (χ4n) is 2.36. The second-order valence-corrected chi connectivity index (χ2v) is 4.79. The molecule has 0 aliphatic heterocycles. The number of fused-ring (bicyclic) bond motifs is 1. The number of ether oxygens (including phenoxy) is 1. The minimum atomic E-state index is -0.263. The summed E-state index contributed by atoms with van der Waals surface area (Å²) >= 11 is 0. The lowest BCUT2D eigenvalue weighted by molar-refractivity contribution is 0.0913. The van der Waals surface area contributed by atoms with Gasteiger partial charge in [0.2, 0.25) is 0 Å². The highest BCUT2D eigenvalue weighted by Gasteiger charge is 2.12. The van der Waals surface area contributed by atoms with Crippen molar-refractivity contribution in [3.8, 4) is 0 Å². The predicted molar refractivity (Wildman–Crippen MR) is 79.0 cm³/mol. The predicted octanol–water partition coefficient (Wildman–Crippen LogP) is 3.75. The standard InChI is InChI=1S/C17H16FNO2/c18-15-7-3-1-5-12(15)10-20-11-17-14(9-19)13-6-2-4-8-16(13)21-17/h1-8H,9-11,19H2. The van der Waals surface area contributed by atoms with E-state index in [2.05, 4.69) is 0 Å². The lowest BCUT2D eigenvalue weighted by atomic mass is 10.1. The number of benzene rings is 2. The van der Waals surface area contributed by atoms with E-state index < -0.39 is 0 Å². The summed E-state index contributed by atoms with van der Waals surface area (Å²) < 4.78 is 24.8. The molecule has 4 heteroatoms. The van der Waals surface area contributed by atoms with Crippen LogP contribution in [0.2, 0.25) is 0 Å². The molecule has 3 aromatic rings. The Hall–Kier alpha value is -2.17. The van der Waals surface area contributed by atoms with E-state index in [0.717, 1.165) is 16.5 Å². The number of furan rings is 1. The molecule has 3 rings (SSSR count). The second-order valence-electron chi connectivity index (χ2n) is 4.79. The molecular formula is C17H16FNO2. The summed E-state index contributed by atoms with van der Waals surface area (Å²) in [6, 6.07) is 14.3. The number of hydrogen-bond donors (Lipinski definition) is 1. The molecule has 0 amide bonds. The molecule has 108 valence electrons. The topological polar surface area (TPSA) is 48.4 Å². The molecule has 0 aliphatic rings. The Morgan fingerprint density at radius 2 is 1.76 bits per heavy atom. The highest BCUT2D eigenvalue weighted by atomic mass is 19.1. The normalized spacial score (nSPS) is 11.1. The summed E-state index contributed by atoms with van der Waals surface area (Å²) in [7, 11) is 0. The Kier molecular flexibility index (Phi) is 3.99. The van der Waals surface area contributed by atoms with E-state index in [9.17, 15) is 4.39 Å². The van der Waals surface area contributed by atoms with Crippen molar-refractivity contribution < 1.29 is 13.5 Å². The zero-order valence-electron chi connectivity index (χ0n) is 11.5. The van der Waals surface area contributed by atoms with Crippen molar-refractivity contribution in [1.29, 1.82) is 0 Å². The van der Waals surface area contributed by atoms with Crippen LogP contribution >= 0.6 is 0 Å². The monoisotopic (exact) mass is 285 g/mol. The number of rotatable bonds is 5. The largest absolute Gasteiger partial charge is 0.458 e. The molecule has 3 nitrogen and oxygen atoms in total. The molecule has 2 N–H and O–H groups in total. The van der Waals surface area contributed by atoms with Gasteiger partial charge >= 0.3 is 0 Å². The van der Waals surface area contributed by atoms with Gasteiger partial charge in [0.1, 0.15) is 23.8 Å². The maximum atomic E-state index is 13.5. The summed E-state index contributed by atoms with van der Waals surface area (Å²) in [5, 5.41) is 1.00. The highest BCUT2D eigenvalue weighted by Crippen LogP contribution is 2.26. The Balaban J connectivity index is 1.75. The van der Waals surface area contributed by atoms with Gasteiger partial charge in [0.05, 0.1) is 6.61 Å². The Morgan fingerprint density at radius 3 is 2.57 bits per heavy atom. The number of hydrogen-bond acceptors (Lipinski definition) is 3. The summed E-state index contributed by atoms with van der Waals surface area (Å²) in [6.07, 6.45) is 0. The first kappa shape index (κ1) is 13.8. The minimum absolute atomic E-state index is 0.202. The summed E-state index contributed by atoms with van der Waals surface area (Å²) in [5.74, 6) is 0.441. The minimum Gasteiger partial charge on any atom is -0.458 e. The van der Waals surface area contributed by atoms with E-state index in [0.29, 0.717) is 17.9 Å².